The molecule has 0 radical (unpaired) electrons. The van der Waals surface area contributed by atoms with Gasteiger partial charge < -0.3 is 16.0 Å². The van der Waals surface area contributed by atoms with E-state index in [0.29, 0.717) is 24.9 Å². The van der Waals surface area contributed by atoms with Gasteiger partial charge in [-0.1, -0.05) is 19.9 Å². The highest BCUT2D eigenvalue weighted by Crippen LogP contribution is 2.36. The van der Waals surface area contributed by atoms with Gasteiger partial charge in [-0.2, -0.15) is 9.97 Å². The first-order chi connectivity index (χ1) is 12.7. The van der Waals surface area contributed by atoms with Gasteiger partial charge in [-0.05, 0) is 55.4 Å². The molecule has 2 heterocycles. The minimum absolute atomic E-state index is 0.123. The largest absolute Gasteiger partial charge is 0.378 e. The molecule has 27 heavy (non-hydrogen) atoms. The lowest BCUT2D eigenvalue weighted by molar-refractivity contribution is -0.383. The normalized spacial score (nSPS) is 19.8. The van der Waals surface area contributed by atoms with Crippen molar-refractivity contribution in [1.29, 1.82) is 0 Å². The maximum atomic E-state index is 11.6. The number of hydrogen-bond donors (Lipinski definition) is 2. The molecule has 1 aromatic carbocycles. The van der Waals surface area contributed by atoms with Crippen LogP contribution in [0.3, 0.4) is 0 Å². The highest BCUT2D eigenvalue weighted by Gasteiger charge is 2.31. The van der Waals surface area contributed by atoms with Gasteiger partial charge in [0.2, 0.25) is 17.6 Å². The van der Waals surface area contributed by atoms with Crippen LogP contribution in [-0.4, -0.2) is 28.0 Å². The van der Waals surface area contributed by atoms with E-state index in [2.05, 4.69) is 29.1 Å². The van der Waals surface area contributed by atoms with Gasteiger partial charge >= 0.3 is 5.69 Å². The number of anilines is 4. The lowest BCUT2D eigenvalue weighted by Gasteiger charge is -2.35. The van der Waals surface area contributed by atoms with Gasteiger partial charge in [0, 0.05) is 18.8 Å². The van der Waals surface area contributed by atoms with Gasteiger partial charge in [0.05, 0.1) is 4.92 Å². The molecule has 0 spiro atoms. The number of rotatable bonds is 4. The van der Waals surface area contributed by atoms with Gasteiger partial charge in [-0.15, -0.1) is 0 Å². The summed E-state index contributed by atoms with van der Waals surface area (Å²) < 4.78 is 0. The molecule has 0 saturated carbocycles. The number of benzene rings is 1. The Morgan fingerprint density at radius 3 is 2.44 bits per heavy atom. The lowest BCUT2D eigenvalue weighted by Crippen LogP contribution is -2.39. The standard InChI is InChI=1S/C19H26N6O2/c1-11-7-12(2)10-24(9-11)18-16(25(26)27)17(20)22-19(23-18)21-15-6-5-13(3)14(4)8-15/h5-6,8,11-12H,7,9-10H2,1-4H3,(H3,20,21,22,23)/t11-,12-/m1/s1. The number of nitrogens with zero attached hydrogens (tertiary/aromatic N) is 4. The zero-order valence-electron chi connectivity index (χ0n) is 16.2. The van der Waals surface area contributed by atoms with Crippen molar-refractivity contribution in [1.82, 2.24) is 9.97 Å². The van der Waals surface area contributed by atoms with E-state index in [9.17, 15) is 10.1 Å². The zero-order valence-corrected chi connectivity index (χ0v) is 16.2. The quantitative estimate of drug-likeness (QED) is 0.622. The predicted molar refractivity (Wildman–Crippen MR) is 107 cm³/mol. The summed E-state index contributed by atoms with van der Waals surface area (Å²) in [6, 6.07) is 5.91. The second-order valence-corrected chi connectivity index (χ2v) is 7.64. The molecule has 1 fully saturated rings. The minimum Gasteiger partial charge on any atom is -0.378 e. The molecular formula is C19H26N6O2. The van der Waals surface area contributed by atoms with Crippen LogP contribution in [0.5, 0.6) is 0 Å². The van der Waals surface area contributed by atoms with E-state index in [-0.39, 0.29) is 23.3 Å². The van der Waals surface area contributed by atoms with Crippen LogP contribution in [0.2, 0.25) is 0 Å². The minimum atomic E-state index is -0.492. The van der Waals surface area contributed by atoms with Crippen molar-refractivity contribution in [3.63, 3.8) is 0 Å². The van der Waals surface area contributed by atoms with Crippen LogP contribution in [0.15, 0.2) is 18.2 Å². The van der Waals surface area contributed by atoms with Crippen molar-refractivity contribution in [2.24, 2.45) is 11.8 Å². The summed E-state index contributed by atoms with van der Waals surface area (Å²) in [7, 11) is 0. The van der Waals surface area contributed by atoms with Crippen LogP contribution >= 0.6 is 0 Å². The average Bonchev–Trinajstić information content (AvgIpc) is 2.56. The SMILES string of the molecule is Cc1ccc(Nc2nc(N)c([N+](=O)[O-])c(N3C[C@H](C)C[C@@H](C)C3)n2)cc1C. The summed E-state index contributed by atoms with van der Waals surface area (Å²) in [5.74, 6) is 1.29. The first-order valence-corrected chi connectivity index (χ1v) is 9.15. The Labute approximate surface area is 159 Å². The molecular weight excluding hydrogens is 344 g/mol. The van der Waals surface area contributed by atoms with Crippen molar-refractivity contribution < 1.29 is 4.92 Å². The molecule has 0 amide bonds. The Morgan fingerprint density at radius 2 is 1.85 bits per heavy atom. The van der Waals surface area contributed by atoms with Crippen LogP contribution in [0.1, 0.15) is 31.4 Å². The number of aromatic nitrogens is 2. The highest BCUT2D eigenvalue weighted by atomic mass is 16.6. The molecule has 0 unspecified atom stereocenters. The van der Waals surface area contributed by atoms with Crippen LogP contribution < -0.4 is 16.0 Å². The topological polar surface area (TPSA) is 110 Å². The van der Waals surface area contributed by atoms with Crippen LogP contribution in [0, 0.1) is 35.8 Å². The fourth-order valence-corrected chi connectivity index (χ4v) is 3.70. The molecule has 0 aliphatic carbocycles. The Bertz CT molecular complexity index is 860. The molecule has 8 nitrogen and oxygen atoms in total. The molecule has 3 N–H and O–H groups in total. The maximum absolute atomic E-state index is 11.6. The summed E-state index contributed by atoms with van der Waals surface area (Å²) >= 11 is 0. The Balaban J connectivity index is 2.00. The Hall–Kier alpha value is -2.90. The van der Waals surface area contributed by atoms with E-state index in [0.717, 1.165) is 17.7 Å². The van der Waals surface area contributed by atoms with E-state index < -0.39 is 4.92 Å². The third-order valence-corrected chi connectivity index (χ3v) is 5.01. The fourth-order valence-electron chi connectivity index (χ4n) is 3.70. The van der Waals surface area contributed by atoms with Crippen molar-refractivity contribution in [2.45, 2.75) is 34.1 Å². The number of piperidine rings is 1. The number of nitrogens with one attached hydrogen (secondary N) is 1. The van der Waals surface area contributed by atoms with Crippen molar-refractivity contribution in [2.75, 3.05) is 29.0 Å². The van der Waals surface area contributed by atoms with Gasteiger partial charge in [0.1, 0.15) is 0 Å². The monoisotopic (exact) mass is 370 g/mol. The molecule has 1 aliphatic rings. The van der Waals surface area contributed by atoms with Gasteiger partial charge in [0.15, 0.2) is 0 Å². The zero-order chi connectivity index (χ0) is 19.7. The van der Waals surface area contributed by atoms with Gasteiger partial charge in [-0.25, -0.2) is 0 Å². The first kappa shape index (κ1) is 18.9. The fraction of sp³-hybridized carbons (Fsp3) is 0.474. The van der Waals surface area contributed by atoms with E-state index in [4.69, 9.17) is 5.73 Å². The predicted octanol–water partition coefficient (Wildman–Crippen LogP) is 3.81. The highest BCUT2D eigenvalue weighted by molar-refractivity contribution is 5.72. The number of hydrogen-bond acceptors (Lipinski definition) is 7. The van der Waals surface area contributed by atoms with Gasteiger partial charge in [-0.3, -0.25) is 10.1 Å². The smallest absolute Gasteiger partial charge is 0.353 e. The number of aryl methyl sites for hydroxylation is 2. The van der Waals surface area contributed by atoms with E-state index in [1.165, 1.54) is 5.56 Å². The third-order valence-electron chi connectivity index (χ3n) is 5.01. The van der Waals surface area contributed by atoms with Crippen molar-refractivity contribution in [3.8, 4) is 0 Å². The summed E-state index contributed by atoms with van der Waals surface area (Å²) in [6.07, 6.45) is 1.10. The summed E-state index contributed by atoms with van der Waals surface area (Å²) in [5, 5.41) is 14.7. The second kappa shape index (κ2) is 7.38. The molecule has 8 heteroatoms. The number of nitrogens with two attached hydrogens (primary N) is 1. The number of nitrogen functional groups attached to an aromatic ring is 1. The first-order valence-electron chi connectivity index (χ1n) is 9.15. The maximum Gasteiger partial charge on any atom is 0.353 e. The molecule has 1 saturated heterocycles. The Morgan fingerprint density at radius 1 is 1.19 bits per heavy atom. The number of nitro groups is 1. The van der Waals surface area contributed by atoms with Crippen molar-refractivity contribution in [3.05, 3.63) is 39.4 Å². The molecule has 1 aromatic heterocycles. The summed E-state index contributed by atoms with van der Waals surface area (Å²) in [4.78, 5) is 21.7. The van der Waals surface area contributed by atoms with Crippen LogP contribution in [-0.2, 0) is 0 Å². The molecule has 2 aromatic rings. The third kappa shape index (κ3) is 4.10. The molecule has 0 bridgehead atoms. The van der Waals surface area contributed by atoms with Crippen molar-refractivity contribution >= 4 is 29.0 Å². The van der Waals surface area contributed by atoms with E-state index in [1.807, 2.05) is 36.9 Å². The average molecular weight is 370 g/mol. The van der Waals surface area contributed by atoms with Crippen LogP contribution in [0.4, 0.5) is 29.0 Å². The summed E-state index contributed by atoms with van der Waals surface area (Å²) in [5.41, 5.74) is 8.86. The summed E-state index contributed by atoms with van der Waals surface area (Å²) in [6.45, 7) is 9.78. The van der Waals surface area contributed by atoms with E-state index >= 15 is 0 Å². The molecule has 2 atom stereocenters. The van der Waals surface area contributed by atoms with Gasteiger partial charge in [0.25, 0.3) is 0 Å². The molecule has 1 aliphatic heterocycles. The lowest BCUT2D eigenvalue weighted by atomic mass is 9.92. The molecule has 144 valence electrons. The second-order valence-electron chi connectivity index (χ2n) is 7.64. The molecule has 3 rings (SSSR count). The van der Waals surface area contributed by atoms with E-state index in [1.54, 1.807) is 0 Å². The van der Waals surface area contributed by atoms with Crippen LogP contribution in [0.25, 0.3) is 0 Å². The Kier molecular flexibility index (Phi) is 5.16.